The second kappa shape index (κ2) is 7.43. The summed E-state index contributed by atoms with van der Waals surface area (Å²) in [5.41, 5.74) is 0. The molecule has 0 radical (unpaired) electrons. The lowest BCUT2D eigenvalue weighted by Gasteiger charge is -2.23. The molecule has 0 spiro atoms. The molecule has 98 valence electrons. The van der Waals surface area contributed by atoms with Crippen LogP contribution in [0.5, 0.6) is 0 Å². The fraction of sp³-hybridized carbons (Fsp3) is 0.846. The quantitative estimate of drug-likeness (QED) is 0.406. The SMILES string of the molecule is CCCCOC(=O)C(C)C(=O)C1CCOCC1. The molecule has 1 atom stereocenters. The number of ketones is 1. The Kier molecular flexibility index (Phi) is 6.19. The fourth-order valence-corrected chi connectivity index (χ4v) is 1.89. The Balaban J connectivity index is 2.36. The molecule has 4 nitrogen and oxygen atoms in total. The lowest BCUT2D eigenvalue weighted by atomic mass is 9.88. The van der Waals surface area contributed by atoms with Crippen LogP contribution in [0.1, 0.15) is 39.5 Å². The molecule has 1 aliphatic rings. The molecule has 0 aromatic carbocycles. The molecule has 17 heavy (non-hydrogen) atoms. The van der Waals surface area contributed by atoms with Crippen LogP contribution in [-0.2, 0) is 19.1 Å². The third kappa shape index (κ3) is 4.46. The largest absolute Gasteiger partial charge is 0.465 e. The van der Waals surface area contributed by atoms with E-state index in [0.717, 1.165) is 25.7 Å². The monoisotopic (exact) mass is 242 g/mol. The van der Waals surface area contributed by atoms with Gasteiger partial charge in [-0.05, 0) is 26.2 Å². The summed E-state index contributed by atoms with van der Waals surface area (Å²) in [4.78, 5) is 23.6. The van der Waals surface area contributed by atoms with Gasteiger partial charge in [0.05, 0.1) is 6.61 Å². The van der Waals surface area contributed by atoms with Crippen LogP contribution in [0.4, 0.5) is 0 Å². The van der Waals surface area contributed by atoms with E-state index in [-0.39, 0.29) is 17.7 Å². The van der Waals surface area contributed by atoms with E-state index in [1.54, 1.807) is 6.92 Å². The van der Waals surface area contributed by atoms with Crippen molar-refractivity contribution < 1.29 is 19.1 Å². The Labute approximate surface area is 103 Å². The first-order chi connectivity index (χ1) is 8.16. The molecule has 1 fully saturated rings. The van der Waals surface area contributed by atoms with Crippen molar-refractivity contribution in [3.05, 3.63) is 0 Å². The molecule has 1 unspecified atom stereocenters. The predicted molar refractivity (Wildman–Crippen MR) is 63.6 cm³/mol. The van der Waals surface area contributed by atoms with Crippen molar-refractivity contribution in [1.29, 1.82) is 0 Å². The first-order valence-electron chi connectivity index (χ1n) is 6.45. The highest BCUT2D eigenvalue weighted by molar-refractivity contribution is 5.99. The van der Waals surface area contributed by atoms with Crippen LogP contribution in [0.2, 0.25) is 0 Å². The molecule has 1 aliphatic heterocycles. The second-order valence-corrected chi connectivity index (χ2v) is 4.53. The Morgan fingerprint density at radius 3 is 2.59 bits per heavy atom. The van der Waals surface area contributed by atoms with Gasteiger partial charge in [-0.2, -0.15) is 0 Å². The average Bonchev–Trinajstić information content (AvgIpc) is 2.38. The van der Waals surface area contributed by atoms with Gasteiger partial charge in [0, 0.05) is 19.1 Å². The van der Waals surface area contributed by atoms with Gasteiger partial charge in [0.25, 0.3) is 0 Å². The third-order valence-electron chi connectivity index (χ3n) is 3.15. The maximum absolute atomic E-state index is 12.0. The standard InChI is InChI=1S/C13H22O4/c1-3-4-7-17-13(15)10(2)12(14)11-5-8-16-9-6-11/h10-11H,3-9H2,1-2H3. The number of carbonyl (C=O) groups is 2. The molecule has 0 aliphatic carbocycles. The first-order valence-corrected chi connectivity index (χ1v) is 6.45. The Hall–Kier alpha value is -0.900. The number of esters is 1. The van der Waals surface area contributed by atoms with E-state index >= 15 is 0 Å². The molecule has 0 aromatic heterocycles. The van der Waals surface area contributed by atoms with Crippen molar-refractivity contribution in [2.45, 2.75) is 39.5 Å². The Bertz CT molecular complexity index is 256. The molecule has 1 saturated heterocycles. The zero-order chi connectivity index (χ0) is 12.7. The van der Waals surface area contributed by atoms with E-state index in [4.69, 9.17) is 9.47 Å². The highest BCUT2D eigenvalue weighted by atomic mass is 16.5. The van der Waals surface area contributed by atoms with Crippen molar-refractivity contribution in [1.82, 2.24) is 0 Å². The van der Waals surface area contributed by atoms with E-state index in [1.165, 1.54) is 0 Å². The lowest BCUT2D eigenvalue weighted by Crippen LogP contribution is -2.32. The van der Waals surface area contributed by atoms with Crippen LogP contribution in [0, 0.1) is 11.8 Å². The number of hydrogen-bond acceptors (Lipinski definition) is 4. The van der Waals surface area contributed by atoms with Gasteiger partial charge < -0.3 is 9.47 Å². The molecule has 0 N–H and O–H groups in total. The van der Waals surface area contributed by atoms with Crippen molar-refractivity contribution >= 4 is 11.8 Å². The zero-order valence-corrected chi connectivity index (χ0v) is 10.7. The topological polar surface area (TPSA) is 52.6 Å². The van der Waals surface area contributed by atoms with Crippen LogP contribution < -0.4 is 0 Å². The molecule has 0 bridgehead atoms. The second-order valence-electron chi connectivity index (χ2n) is 4.53. The van der Waals surface area contributed by atoms with Gasteiger partial charge in [-0.1, -0.05) is 13.3 Å². The summed E-state index contributed by atoms with van der Waals surface area (Å²) in [6.07, 6.45) is 3.29. The summed E-state index contributed by atoms with van der Waals surface area (Å²) in [5.74, 6) is -1.03. The number of rotatable bonds is 6. The number of carbonyl (C=O) groups excluding carboxylic acids is 2. The number of unbranched alkanes of at least 4 members (excludes halogenated alkanes) is 1. The van der Waals surface area contributed by atoms with Crippen molar-refractivity contribution in [3.63, 3.8) is 0 Å². The third-order valence-corrected chi connectivity index (χ3v) is 3.15. The van der Waals surface area contributed by atoms with E-state index in [1.807, 2.05) is 6.92 Å². The van der Waals surface area contributed by atoms with Crippen LogP contribution in [0.25, 0.3) is 0 Å². The molecule has 0 aromatic rings. The van der Waals surface area contributed by atoms with Crippen molar-refractivity contribution in [3.8, 4) is 0 Å². The van der Waals surface area contributed by atoms with Gasteiger partial charge in [-0.25, -0.2) is 0 Å². The maximum Gasteiger partial charge on any atom is 0.316 e. The van der Waals surface area contributed by atoms with Gasteiger partial charge in [0.1, 0.15) is 11.7 Å². The number of hydrogen-bond donors (Lipinski definition) is 0. The van der Waals surface area contributed by atoms with Crippen LogP contribution in [0.3, 0.4) is 0 Å². The van der Waals surface area contributed by atoms with Crippen LogP contribution in [0.15, 0.2) is 0 Å². The molecule has 0 amide bonds. The van der Waals surface area contributed by atoms with E-state index in [9.17, 15) is 9.59 Å². The van der Waals surface area contributed by atoms with Gasteiger partial charge in [0.15, 0.2) is 0 Å². The Morgan fingerprint density at radius 1 is 1.35 bits per heavy atom. The van der Waals surface area contributed by atoms with Crippen molar-refractivity contribution in [2.75, 3.05) is 19.8 Å². The summed E-state index contributed by atoms with van der Waals surface area (Å²) in [6.45, 7) is 5.33. The van der Waals surface area contributed by atoms with Crippen molar-refractivity contribution in [2.24, 2.45) is 11.8 Å². The molecule has 1 rings (SSSR count). The fourth-order valence-electron chi connectivity index (χ4n) is 1.89. The zero-order valence-electron chi connectivity index (χ0n) is 10.7. The Morgan fingerprint density at radius 2 is 2.00 bits per heavy atom. The lowest BCUT2D eigenvalue weighted by molar-refractivity contribution is -0.153. The summed E-state index contributed by atoms with van der Waals surface area (Å²) in [7, 11) is 0. The van der Waals surface area contributed by atoms with Crippen LogP contribution >= 0.6 is 0 Å². The van der Waals surface area contributed by atoms with Gasteiger partial charge in [-0.3, -0.25) is 9.59 Å². The molecule has 1 heterocycles. The maximum atomic E-state index is 12.0. The van der Waals surface area contributed by atoms with E-state index < -0.39 is 5.92 Å². The average molecular weight is 242 g/mol. The minimum Gasteiger partial charge on any atom is -0.465 e. The number of Topliss-reactive ketones (excluding diaryl/α,β-unsaturated/α-hetero) is 1. The first kappa shape index (κ1) is 14.2. The predicted octanol–water partition coefficient (Wildman–Crippen LogP) is 1.96. The van der Waals surface area contributed by atoms with Gasteiger partial charge in [-0.15, -0.1) is 0 Å². The highest BCUT2D eigenvalue weighted by Crippen LogP contribution is 2.20. The minimum atomic E-state index is -0.630. The molecular weight excluding hydrogens is 220 g/mol. The van der Waals surface area contributed by atoms with Gasteiger partial charge in [0.2, 0.25) is 0 Å². The summed E-state index contributed by atoms with van der Waals surface area (Å²) in [6, 6.07) is 0. The van der Waals surface area contributed by atoms with E-state index in [2.05, 4.69) is 0 Å². The summed E-state index contributed by atoms with van der Waals surface area (Å²) in [5, 5.41) is 0. The molecular formula is C13H22O4. The van der Waals surface area contributed by atoms with Crippen LogP contribution in [-0.4, -0.2) is 31.6 Å². The summed E-state index contributed by atoms with van der Waals surface area (Å²) < 4.78 is 10.3. The number of ether oxygens (including phenoxy) is 2. The minimum absolute atomic E-state index is 0.00907. The smallest absolute Gasteiger partial charge is 0.316 e. The molecule has 4 heteroatoms. The molecule has 0 saturated carbocycles. The normalized spacial score (nSPS) is 18.7. The highest BCUT2D eigenvalue weighted by Gasteiger charge is 2.30. The van der Waals surface area contributed by atoms with E-state index in [0.29, 0.717) is 19.8 Å². The summed E-state index contributed by atoms with van der Waals surface area (Å²) >= 11 is 0. The van der Waals surface area contributed by atoms with Gasteiger partial charge >= 0.3 is 5.97 Å².